The van der Waals surface area contributed by atoms with E-state index in [1.54, 1.807) is 0 Å². The van der Waals surface area contributed by atoms with Crippen LogP contribution in [0.5, 0.6) is 0 Å². The van der Waals surface area contributed by atoms with Crippen molar-refractivity contribution in [1.29, 1.82) is 0 Å². The van der Waals surface area contributed by atoms with Gasteiger partial charge in [0.2, 0.25) is 0 Å². The minimum atomic E-state index is -1.80. The van der Waals surface area contributed by atoms with Crippen LogP contribution in [0.25, 0.3) is 0 Å². The second kappa shape index (κ2) is 4.26. The Morgan fingerprint density at radius 3 is 1.62 bits per heavy atom. The van der Waals surface area contributed by atoms with Crippen molar-refractivity contribution in [2.75, 3.05) is 0 Å². The molecule has 2 nitrogen and oxygen atoms in total. The molecule has 70 valence electrons. The van der Waals surface area contributed by atoms with Gasteiger partial charge < -0.3 is 10.0 Å². The molecule has 0 amide bonds. The van der Waals surface area contributed by atoms with Gasteiger partial charge in [-0.25, -0.2) is 0 Å². The summed E-state index contributed by atoms with van der Waals surface area (Å²) in [6, 6.07) is 1.33. The van der Waals surface area contributed by atoms with Crippen LogP contribution >= 0.6 is 46.4 Å². The standard InChI is InChI=1S/C6H3BCl4O2/c8-2-1-3(9)6(11)4(5(2)10)7(12)13/h1,12-13H. The molecular formula is C6H3BCl4O2. The average Bonchev–Trinajstić information content (AvgIpc) is 2.01. The second-order valence-electron chi connectivity index (χ2n) is 2.26. The maximum Gasteiger partial charge on any atom is 0.491 e. The molecule has 0 aliphatic carbocycles. The highest BCUT2D eigenvalue weighted by Gasteiger charge is 2.23. The second-order valence-corrected chi connectivity index (χ2v) is 3.83. The number of halogens is 4. The van der Waals surface area contributed by atoms with Crippen LogP contribution in [0.1, 0.15) is 0 Å². The lowest BCUT2D eigenvalue weighted by Crippen LogP contribution is -2.32. The fourth-order valence-electron chi connectivity index (χ4n) is 0.818. The molecule has 1 aromatic carbocycles. The first kappa shape index (κ1) is 11.4. The fraction of sp³-hybridized carbons (Fsp3) is 0. The zero-order valence-electron chi connectivity index (χ0n) is 6.06. The van der Waals surface area contributed by atoms with Crippen molar-refractivity contribution in [2.24, 2.45) is 0 Å². The van der Waals surface area contributed by atoms with E-state index in [9.17, 15) is 0 Å². The molecule has 1 rings (SSSR count). The summed E-state index contributed by atoms with van der Waals surface area (Å²) in [7, 11) is -1.80. The van der Waals surface area contributed by atoms with E-state index >= 15 is 0 Å². The van der Waals surface area contributed by atoms with Crippen molar-refractivity contribution in [3.8, 4) is 0 Å². The monoisotopic (exact) mass is 258 g/mol. The quantitative estimate of drug-likeness (QED) is 0.598. The molecule has 13 heavy (non-hydrogen) atoms. The minimum Gasteiger partial charge on any atom is -0.423 e. The van der Waals surface area contributed by atoms with Gasteiger partial charge in [-0.3, -0.25) is 0 Å². The SMILES string of the molecule is OB(O)c1c(Cl)c(Cl)cc(Cl)c1Cl. The first-order valence-corrected chi connectivity index (χ1v) is 4.65. The Morgan fingerprint density at radius 1 is 0.923 bits per heavy atom. The molecule has 0 fully saturated rings. The number of benzene rings is 1. The maximum absolute atomic E-state index is 8.90. The van der Waals surface area contributed by atoms with E-state index in [1.165, 1.54) is 6.07 Å². The normalized spacial score (nSPS) is 10.3. The Hall–Kier alpha value is 0.365. The molecule has 0 atom stereocenters. The molecule has 0 aromatic heterocycles. The summed E-state index contributed by atoms with van der Waals surface area (Å²) >= 11 is 22.6. The Bertz CT molecular complexity index is 316. The van der Waals surface area contributed by atoms with Crippen molar-refractivity contribution < 1.29 is 10.0 Å². The van der Waals surface area contributed by atoms with Crippen molar-refractivity contribution in [3.63, 3.8) is 0 Å². The van der Waals surface area contributed by atoms with Gasteiger partial charge in [0.15, 0.2) is 0 Å². The van der Waals surface area contributed by atoms with E-state index in [1.807, 2.05) is 0 Å². The molecule has 0 saturated heterocycles. The third kappa shape index (κ3) is 2.24. The van der Waals surface area contributed by atoms with E-state index in [-0.39, 0.29) is 25.6 Å². The van der Waals surface area contributed by atoms with E-state index in [2.05, 4.69) is 0 Å². The average molecular weight is 260 g/mol. The highest BCUT2D eigenvalue weighted by atomic mass is 35.5. The van der Waals surface area contributed by atoms with Crippen LogP contribution in [0.15, 0.2) is 6.07 Å². The Labute approximate surface area is 95.1 Å². The van der Waals surface area contributed by atoms with Crippen LogP contribution in [0.4, 0.5) is 0 Å². The molecule has 0 spiro atoms. The first-order chi connectivity index (χ1) is 5.95. The molecule has 0 heterocycles. The van der Waals surface area contributed by atoms with Crippen molar-refractivity contribution >= 4 is 59.0 Å². The van der Waals surface area contributed by atoms with Gasteiger partial charge in [0.1, 0.15) is 0 Å². The van der Waals surface area contributed by atoms with Gasteiger partial charge >= 0.3 is 7.12 Å². The third-order valence-corrected chi connectivity index (χ3v) is 3.01. The zero-order chi connectivity index (χ0) is 10.2. The summed E-state index contributed by atoms with van der Waals surface area (Å²) in [4.78, 5) is 0. The third-order valence-electron chi connectivity index (χ3n) is 1.40. The van der Waals surface area contributed by atoms with Crippen molar-refractivity contribution in [3.05, 3.63) is 26.2 Å². The van der Waals surface area contributed by atoms with Crippen LogP contribution in [0, 0.1) is 0 Å². The van der Waals surface area contributed by atoms with Crippen LogP contribution in [0.2, 0.25) is 20.1 Å². The maximum atomic E-state index is 8.90. The summed E-state index contributed by atoms with van der Waals surface area (Å²) in [6.07, 6.45) is 0. The molecule has 1 aromatic rings. The molecule has 0 aliphatic rings. The van der Waals surface area contributed by atoms with Crippen molar-refractivity contribution in [1.82, 2.24) is 0 Å². The lowest BCUT2D eigenvalue weighted by Gasteiger charge is -2.08. The first-order valence-electron chi connectivity index (χ1n) is 3.14. The summed E-state index contributed by atoms with van der Waals surface area (Å²) < 4.78 is 0. The summed E-state index contributed by atoms with van der Waals surface area (Å²) in [5, 5.41) is 18.0. The molecule has 2 N–H and O–H groups in total. The molecule has 0 unspecified atom stereocenters. The molecule has 0 aliphatic heterocycles. The molecular weight excluding hydrogens is 257 g/mol. The van der Waals surface area contributed by atoms with E-state index in [0.717, 1.165) is 0 Å². The molecule has 0 bridgehead atoms. The summed E-state index contributed by atoms with van der Waals surface area (Å²) in [5.74, 6) is 0. The fourth-order valence-corrected chi connectivity index (χ4v) is 1.84. The predicted octanol–water partition coefficient (Wildman–Crippen LogP) is 1.98. The van der Waals surface area contributed by atoms with Gasteiger partial charge in [-0.1, -0.05) is 46.4 Å². The van der Waals surface area contributed by atoms with E-state index in [4.69, 9.17) is 56.5 Å². The lowest BCUT2D eigenvalue weighted by molar-refractivity contribution is 0.426. The smallest absolute Gasteiger partial charge is 0.423 e. The van der Waals surface area contributed by atoms with Crippen molar-refractivity contribution in [2.45, 2.75) is 0 Å². The van der Waals surface area contributed by atoms with E-state index < -0.39 is 7.12 Å². The van der Waals surface area contributed by atoms with Crippen LogP contribution in [0.3, 0.4) is 0 Å². The lowest BCUT2D eigenvalue weighted by atomic mass is 9.80. The highest BCUT2D eigenvalue weighted by molar-refractivity contribution is 6.68. The largest absolute Gasteiger partial charge is 0.491 e. The highest BCUT2D eigenvalue weighted by Crippen LogP contribution is 2.30. The molecule has 0 radical (unpaired) electrons. The number of hydrogen-bond donors (Lipinski definition) is 2. The Balaban J connectivity index is 3.46. The van der Waals surface area contributed by atoms with Gasteiger partial charge in [-0.15, -0.1) is 0 Å². The number of rotatable bonds is 1. The van der Waals surface area contributed by atoms with Gasteiger partial charge in [-0.05, 0) is 6.07 Å². The zero-order valence-corrected chi connectivity index (χ0v) is 9.08. The van der Waals surface area contributed by atoms with Gasteiger partial charge in [0.05, 0.1) is 20.1 Å². The number of hydrogen-bond acceptors (Lipinski definition) is 2. The van der Waals surface area contributed by atoms with Gasteiger partial charge in [-0.2, -0.15) is 0 Å². The van der Waals surface area contributed by atoms with Gasteiger partial charge in [0.25, 0.3) is 0 Å². The Kier molecular flexibility index (Phi) is 3.75. The Morgan fingerprint density at radius 2 is 1.31 bits per heavy atom. The summed E-state index contributed by atoms with van der Waals surface area (Å²) in [6.45, 7) is 0. The van der Waals surface area contributed by atoms with Gasteiger partial charge in [0, 0.05) is 5.46 Å². The van der Waals surface area contributed by atoms with Crippen LogP contribution < -0.4 is 5.46 Å². The topological polar surface area (TPSA) is 40.5 Å². The molecule has 7 heteroatoms. The van der Waals surface area contributed by atoms with Crippen LogP contribution in [-0.4, -0.2) is 17.2 Å². The predicted molar refractivity (Wildman–Crippen MR) is 56.3 cm³/mol. The summed E-state index contributed by atoms with van der Waals surface area (Å²) in [5.41, 5.74) is -0.0826. The van der Waals surface area contributed by atoms with Crippen LogP contribution in [-0.2, 0) is 0 Å². The van der Waals surface area contributed by atoms with E-state index in [0.29, 0.717) is 0 Å². The molecule has 0 saturated carbocycles. The minimum absolute atomic E-state index is 0.00827.